The molecule has 4 rings (SSSR count). The number of aromatic amines is 1. The van der Waals surface area contributed by atoms with Gasteiger partial charge in [0.1, 0.15) is 0 Å². The van der Waals surface area contributed by atoms with Gasteiger partial charge in [-0.05, 0) is 30.1 Å². The molecule has 1 heterocycles. The zero-order valence-electron chi connectivity index (χ0n) is 14.1. The molecule has 1 amide bonds. The normalized spacial score (nSPS) is 25.0. The predicted molar refractivity (Wildman–Crippen MR) is 101 cm³/mol. The summed E-state index contributed by atoms with van der Waals surface area (Å²) < 4.78 is 15.2. The standard InChI is InChI=1S/C20H19ClFN3O/c21-17-10-15(13-4-2-1-3-5-13)8-9-20(17,22)12-19(26)23-18-11-16(24-25-18)14-6-7-14/h1-5,8-11,14,17H,6-7,12H2,(H2,23,24,25,26). The lowest BCUT2D eigenvalue weighted by Gasteiger charge is -2.28. The lowest BCUT2D eigenvalue weighted by molar-refractivity contribution is -0.118. The molecule has 2 N–H and O–H groups in total. The maximum Gasteiger partial charge on any atom is 0.229 e. The molecule has 1 fully saturated rings. The first kappa shape index (κ1) is 17.0. The fourth-order valence-electron chi connectivity index (χ4n) is 3.09. The van der Waals surface area contributed by atoms with Crippen LogP contribution in [0.2, 0.25) is 0 Å². The van der Waals surface area contributed by atoms with Gasteiger partial charge in [-0.25, -0.2) is 4.39 Å². The van der Waals surface area contributed by atoms with Crippen LogP contribution in [0, 0.1) is 0 Å². The summed E-state index contributed by atoms with van der Waals surface area (Å²) in [6, 6.07) is 11.4. The van der Waals surface area contributed by atoms with Gasteiger partial charge in [0.2, 0.25) is 5.91 Å². The van der Waals surface area contributed by atoms with Crippen molar-refractivity contribution in [3.63, 3.8) is 0 Å². The van der Waals surface area contributed by atoms with Crippen LogP contribution < -0.4 is 5.32 Å². The van der Waals surface area contributed by atoms with Gasteiger partial charge in [0.15, 0.2) is 11.5 Å². The summed E-state index contributed by atoms with van der Waals surface area (Å²) in [6.07, 6.45) is 6.63. The Balaban J connectivity index is 1.41. The van der Waals surface area contributed by atoms with Crippen molar-refractivity contribution in [2.75, 3.05) is 5.32 Å². The molecule has 2 aromatic rings. The van der Waals surface area contributed by atoms with Crippen LogP contribution in [0.15, 0.2) is 54.6 Å². The van der Waals surface area contributed by atoms with Gasteiger partial charge in [-0.3, -0.25) is 9.89 Å². The molecule has 0 radical (unpaired) electrons. The summed E-state index contributed by atoms with van der Waals surface area (Å²) in [5.41, 5.74) is 0.892. The van der Waals surface area contributed by atoms with Gasteiger partial charge in [-0.2, -0.15) is 5.10 Å². The predicted octanol–water partition coefficient (Wildman–Crippen LogP) is 4.58. The van der Waals surface area contributed by atoms with Gasteiger partial charge in [-0.1, -0.05) is 42.5 Å². The maximum atomic E-state index is 15.2. The van der Waals surface area contributed by atoms with E-state index in [4.69, 9.17) is 11.6 Å². The molecule has 2 aliphatic rings. The zero-order valence-corrected chi connectivity index (χ0v) is 14.8. The van der Waals surface area contributed by atoms with E-state index in [-0.39, 0.29) is 6.42 Å². The van der Waals surface area contributed by atoms with E-state index in [2.05, 4.69) is 15.5 Å². The minimum atomic E-state index is -1.93. The number of carbonyl (C=O) groups is 1. The van der Waals surface area contributed by atoms with Crippen LogP contribution in [0.1, 0.15) is 36.4 Å². The van der Waals surface area contributed by atoms with Gasteiger partial charge >= 0.3 is 0 Å². The first-order chi connectivity index (χ1) is 12.5. The highest BCUT2D eigenvalue weighted by Crippen LogP contribution is 2.40. The number of aromatic nitrogens is 2. The Morgan fingerprint density at radius 2 is 2.12 bits per heavy atom. The summed E-state index contributed by atoms with van der Waals surface area (Å²) in [5, 5.41) is 8.70. The third-order valence-electron chi connectivity index (χ3n) is 4.75. The Hall–Kier alpha value is -2.40. The van der Waals surface area contributed by atoms with Crippen LogP contribution in [0.3, 0.4) is 0 Å². The molecule has 6 heteroatoms. The van der Waals surface area contributed by atoms with E-state index in [1.54, 1.807) is 12.2 Å². The van der Waals surface area contributed by atoms with Crippen molar-refractivity contribution in [3.8, 4) is 0 Å². The molecular formula is C20H19ClFN3O. The van der Waals surface area contributed by atoms with Crippen molar-refractivity contribution in [1.29, 1.82) is 0 Å². The topological polar surface area (TPSA) is 57.8 Å². The van der Waals surface area contributed by atoms with E-state index in [1.165, 1.54) is 6.08 Å². The molecule has 26 heavy (non-hydrogen) atoms. The Kier molecular flexibility index (Phi) is 4.41. The number of anilines is 1. The molecule has 1 aromatic carbocycles. The Morgan fingerprint density at radius 3 is 2.81 bits per heavy atom. The highest BCUT2D eigenvalue weighted by atomic mass is 35.5. The molecular weight excluding hydrogens is 353 g/mol. The fraction of sp³-hybridized carbons (Fsp3) is 0.300. The van der Waals surface area contributed by atoms with Gasteiger partial charge in [0.05, 0.1) is 11.8 Å². The molecule has 1 aromatic heterocycles. The van der Waals surface area contributed by atoms with Crippen LogP contribution in [0.5, 0.6) is 0 Å². The first-order valence-electron chi connectivity index (χ1n) is 8.68. The molecule has 134 valence electrons. The molecule has 2 aliphatic carbocycles. The number of hydrogen-bond acceptors (Lipinski definition) is 2. The second-order valence-electron chi connectivity index (χ2n) is 6.86. The smallest absolute Gasteiger partial charge is 0.229 e. The number of H-pyrrole nitrogens is 1. The van der Waals surface area contributed by atoms with Crippen LogP contribution in [-0.4, -0.2) is 27.2 Å². The van der Waals surface area contributed by atoms with E-state index in [0.717, 1.165) is 29.7 Å². The zero-order chi connectivity index (χ0) is 18.1. The van der Waals surface area contributed by atoms with E-state index < -0.39 is 17.0 Å². The van der Waals surface area contributed by atoms with Gasteiger partial charge < -0.3 is 5.32 Å². The average molecular weight is 372 g/mol. The second-order valence-corrected chi connectivity index (χ2v) is 7.33. The highest BCUT2D eigenvalue weighted by Gasteiger charge is 2.39. The van der Waals surface area contributed by atoms with Gasteiger partial charge in [0, 0.05) is 17.7 Å². The number of benzene rings is 1. The number of alkyl halides is 2. The van der Waals surface area contributed by atoms with Crippen molar-refractivity contribution in [2.24, 2.45) is 0 Å². The average Bonchev–Trinajstić information content (AvgIpc) is 3.38. The number of rotatable bonds is 5. The lowest BCUT2D eigenvalue weighted by atomic mass is 9.88. The highest BCUT2D eigenvalue weighted by molar-refractivity contribution is 6.24. The molecule has 1 saturated carbocycles. The maximum absolute atomic E-state index is 15.2. The first-order valence-corrected chi connectivity index (χ1v) is 9.12. The van der Waals surface area contributed by atoms with Crippen molar-refractivity contribution in [2.45, 2.75) is 36.2 Å². The van der Waals surface area contributed by atoms with Crippen LogP contribution in [0.4, 0.5) is 10.2 Å². The Morgan fingerprint density at radius 1 is 1.35 bits per heavy atom. The van der Waals surface area contributed by atoms with E-state index in [1.807, 2.05) is 36.4 Å². The van der Waals surface area contributed by atoms with Crippen molar-refractivity contribution < 1.29 is 9.18 Å². The largest absolute Gasteiger partial charge is 0.309 e. The quantitative estimate of drug-likeness (QED) is 0.755. The monoisotopic (exact) mass is 371 g/mol. The van der Waals surface area contributed by atoms with Crippen LogP contribution in [-0.2, 0) is 4.79 Å². The van der Waals surface area contributed by atoms with E-state index in [0.29, 0.717) is 11.7 Å². The third kappa shape index (κ3) is 3.58. The number of nitrogens with one attached hydrogen (secondary N) is 2. The summed E-state index contributed by atoms with van der Waals surface area (Å²) in [4.78, 5) is 12.3. The number of amides is 1. The Bertz CT molecular complexity index is 872. The Labute approximate surface area is 156 Å². The molecule has 2 atom stereocenters. The van der Waals surface area contributed by atoms with E-state index in [9.17, 15) is 4.79 Å². The van der Waals surface area contributed by atoms with Crippen molar-refractivity contribution in [3.05, 3.63) is 65.9 Å². The number of halogens is 2. The molecule has 0 bridgehead atoms. The molecule has 0 saturated heterocycles. The SMILES string of the molecule is O=C(CC1(F)C=CC(c2ccccc2)=CC1Cl)Nc1cc(C2CC2)[nH]n1. The summed E-state index contributed by atoms with van der Waals surface area (Å²) in [5.74, 6) is 0.482. The number of hydrogen-bond donors (Lipinski definition) is 2. The summed E-state index contributed by atoms with van der Waals surface area (Å²) >= 11 is 6.27. The van der Waals surface area contributed by atoms with Gasteiger partial charge in [-0.15, -0.1) is 11.6 Å². The number of allylic oxidation sites excluding steroid dienone is 4. The molecule has 0 aliphatic heterocycles. The van der Waals surface area contributed by atoms with Crippen molar-refractivity contribution in [1.82, 2.24) is 10.2 Å². The van der Waals surface area contributed by atoms with Crippen LogP contribution in [0.25, 0.3) is 5.57 Å². The second kappa shape index (κ2) is 6.72. The number of carbonyl (C=O) groups excluding carboxylic acids is 1. The van der Waals surface area contributed by atoms with E-state index >= 15 is 4.39 Å². The minimum Gasteiger partial charge on any atom is -0.309 e. The molecule has 4 nitrogen and oxygen atoms in total. The summed E-state index contributed by atoms with van der Waals surface area (Å²) in [6.45, 7) is 0. The molecule has 0 spiro atoms. The fourth-order valence-corrected chi connectivity index (χ4v) is 3.37. The minimum absolute atomic E-state index is 0.359. The summed E-state index contributed by atoms with van der Waals surface area (Å²) in [7, 11) is 0. The lowest BCUT2D eigenvalue weighted by Crippen LogP contribution is -2.37. The van der Waals surface area contributed by atoms with Gasteiger partial charge in [0.25, 0.3) is 0 Å². The number of nitrogens with zero attached hydrogens (tertiary/aromatic N) is 1. The van der Waals surface area contributed by atoms with Crippen LogP contribution >= 0.6 is 11.6 Å². The molecule has 2 unspecified atom stereocenters. The van der Waals surface area contributed by atoms with Crippen molar-refractivity contribution >= 4 is 28.9 Å². The third-order valence-corrected chi connectivity index (χ3v) is 5.23.